The van der Waals surface area contributed by atoms with E-state index >= 15 is 0 Å². The van der Waals surface area contributed by atoms with Gasteiger partial charge in [-0.25, -0.2) is 4.98 Å². The number of carbonyl (C=O) groups excluding carboxylic acids is 1. The monoisotopic (exact) mass is 229 g/mol. The Kier molecular flexibility index (Phi) is 2.91. The van der Waals surface area contributed by atoms with Crippen LogP contribution in [0, 0.1) is 0 Å². The number of pyridine rings is 1. The van der Waals surface area contributed by atoms with E-state index in [1.54, 1.807) is 30.3 Å². The molecule has 1 aromatic heterocycles. The number of phenols is 1. The molecule has 0 spiro atoms. The lowest BCUT2D eigenvalue weighted by molar-refractivity contribution is 0.102. The average Bonchev–Trinajstić information content (AvgIpc) is 2.29. The number of nitrogens with zero attached hydrogens (tertiary/aromatic N) is 1. The Morgan fingerprint density at radius 2 is 1.94 bits per heavy atom. The SMILES string of the molecule is Nc1cccc(NC(=O)c2ccccc2O)n1. The lowest BCUT2D eigenvalue weighted by atomic mass is 10.2. The Hall–Kier alpha value is -2.56. The highest BCUT2D eigenvalue weighted by Gasteiger charge is 2.10. The molecule has 0 saturated heterocycles. The lowest BCUT2D eigenvalue weighted by Gasteiger charge is -2.06. The summed E-state index contributed by atoms with van der Waals surface area (Å²) in [5.74, 6) is 0.161. The molecule has 0 radical (unpaired) electrons. The summed E-state index contributed by atoms with van der Waals surface area (Å²) in [5.41, 5.74) is 5.68. The van der Waals surface area contributed by atoms with Crippen molar-refractivity contribution in [1.29, 1.82) is 0 Å². The zero-order valence-corrected chi connectivity index (χ0v) is 8.92. The normalized spacial score (nSPS) is 9.88. The van der Waals surface area contributed by atoms with E-state index in [1.807, 2.05) is 0 Å². The van der Waals surface area contributed by atoms with Crippen molar-refractivity contribution in [2.45, 2.75) is 0 Å². The summed E-state index contributed by atoms with van der Waals surface area (Å²) in [4.78, 5) is 15.7. The second-order valence-electron chi connectivity index (χ2n) is 3.42. The predicted octanol–water partition coefficient (Wildman–Crippen LogP) is 1.62. The molecule has 1 amide bonds. The molecule has 0 bridgehead atoms. The van der Waals surface area contributed by atoms with Gasteiger partial charge in [-0.05, 0) is 24.3 Å². The molecule has 86 valence electrons. The van der Waals surface area contributed by atoms with E-state index in [-0.39, 0.29) is 11.3 Å². The van der Waals surface area contributed by atoms with E-state index in [4.69, 9.17) is 5.73 Å². The van der Waals surface area contributed by atoms with Crippen molar-refractivity contribution in [3.63, 3.8) is 0 Å². The number of carbonyl (C=O) groups is 1. The molecule has 2 rings (SSSR count). The van der Waals surface area contributed by atoms with Gasteiger partial charge in [-0.2, -0.15) is 0 Å². The van der Waals surface area contributed by atoms with Gasteiger partial charge in [0.1, 0.15) is 17.4 Å². The first-order valence-electron chi connectivity index (χ1n) is 4.98. The fourth-order valence-electron chi connectivity index (χ4n) is 1.37. The minimum absolute atomic E-state index is 0.0751. The molecule has 0 aliphatic heterocycles. The largest absolute Gasteiger partial charge is 0.507 e. The number of rotatable bonds is 2. The van der Waals surface area contributed by atoms with Crippen LogP contribution >= 0.6 is 0 Å². The van der Waals surface area contributed by atoms with Gasteiger partial charge < -0.3 is 16.2 Å². The summed E-state index contributed by atoms with van der Waals surface area (Å²) < 4.78 is 0. The van der Waals surface area contributed by atoms with Gasteiger partial charge in [0.25, 0.3) is 5.91 Å². The van der Waals surface area contributed by atoms with Crippen molar-refractivity contribution in [1.82, 2.24) is 4.98 Å². The topological polar surface area (TPSA) is 88.2 Å². The van der Waals surface area contributed by atoms with Gasteiger partial charge in [0.2, 0.25) is 0 Å². The number of para-hydroxylation sites is 1. The first-order valence-corrected chi connectivity index (χ1v) is 4.98. The summed E-state index contributed by atoms with van der Waals surface area (Å²) in [6, 6.07) is 11.2. The number of amides is 1. The van der Waals surface area contributed by atoms with Gasteiger partial charge in [-0.15, -0.1) is 0 Å². The van der Waals surface area contributed by atoms with Crippen LogP contribution in [0.25, 0.3) is 0 Å². The number of benzene rings is 1. The second-order valence-corrected chi connectivity index (χ2v) is 3.42. The van der Waals surface area contributed by atoms with Crippen LogP contribution in [-0.2, 0) is 0 Å². The van der Waals surface area contributed by atoms with E-state index in [0.717, 1.165) is 0 Å². The van der Waals surface area contributed by atoms with Gasteiger partial charge in [-0.1, -0.05) is 18.2 Å². The highest BCUT2D eigenvalue weighted by Crippen LogP contribution is 2.17. The van der Waals surface area contributed by atoms with Crippen LogP contribution in [0.5, 0.6) is 5.75 Å². The molecular formula is C12H11N3O2. The summed E-state index contributed by atoms with van der Waals surface area (Å²) in [5, 5.41) is 12.1. The first-order chi connectivity index (χ1) is 8.16. The Bertz CT molecular complexity index is 555. The van der Waals surface area contributed by atoms with E-state index in [0.29, 0.717) is 11.6 Å². The van der Waals surface area contributed by atoms with E-state index < -0.39 is 5.91 Å². The van der Waals surface area contributed by atoms with Gasteiger partial charge >= 0.3 is 0 Å². The second kappa shape index (κ2) is 4.52. The summed E-state index contributed by atoms with van der Waals surface area (Å²) >= 11 is 0. The molecule has 0 aliphatic carbocycles. The summed E-state index contributed by atoms with van der Waals surface area (Å²) in [7, 11) is 0. The smallest absolute Gasteiger partial charge is 0.260 e. The number of anilines is 2. The van der Waals surface area contributed by atoms with Crippen LogP contribution in [0.3, 0.4) is 0 Å². The lowest BCUT2D eigenvalue weighted by Crippen LogP contribution is -2.13. The molecule has 2 aromatic rings. The predicted molar refractivity (Wildman–Crippen MR) is 64.7 cm³/mol. The number of nitrogens with two attached hydrogens (primary N) is 1. The zero-order valence-electron chi connectivity index (χ0n) is 8.92. The fraction of sp³-hybridized carbons (Fsp3) is 0. The number of aromatic hydroxyl groups is 1. The van der Waals surface area contributed by atoms with Crippen molar-refractivity contribution in [2.75, 3.05) is 11.1 Å². The maximum atomic E-state index is 11.8. The molecule has 5 nitrogen and oxygen atoms in total. The van der Waals surface area contributed by atoms with Crippen molar-refractivity contribution in [2.24, 2.45) is 0 Å². The molecule has 0 unspecified atom stereocenters. The summed E-state index contributed by atoms with van der Waals surface area (Å²) in [6.45, 7) is 0. The molecule has 0 saturated carbocycles. The molecule has 1 heterocycles. The van der Waals surface area contributed by atoms with Crippen molar-refractivity contribution >= 4 is 17.5 Å². The fourth-order valence-corrected chi connectivity index (χ4v) is 1.37. The van der Waals surface area contributed by atoms with E-state index in [1.165, 1.54) is 12.1 Å². The minimum atomic E-state index is -0.429. The molecule has 0 fully saturated rings. The highest BCUT2D eigenvalue weighted by atomic mass is 16.3. The molecule has 17 heavy (non-hydrogen) atoms. The maximum Gasteiger partial charge on any atom is 0.260 e. The van der Waals surface area contributed by atoms with Crippen molar-refractivity contribution in [3.8, 4) is 5.75 Å². The molecule has 1 aromatic carbocycles. The number of hydrogen-bond donors (Lipinski definition) is 3. The Balaban J connectivity index is 2.20. The van der Waals surface area contributed by atoms with E-state index in [9.17, 15) is 9.90 Å². The molecule has 4 N–H and O–H groups in total. The average molecular weight is 229 g/mol. The van der Waals surface area contributed by atoms with Crippen molar-refractivity contribution in [3.05, 3.63) is 48.0 Å². The van der Waals surface area contributed by atoms with Gasteiger partial charge in [0.15, 0.2) is 0 Å². The number of nitrogen functional groups attached to an aromatic ring is 1. The summed E-state index contributed by atoms with van der Waals surface area (Å²) in [6.07, 6.45) is 0. The minimum Gasteiger partial charge on any atom is -0.507 e. The number of aromatic nitrogens is 1. The third-order valence-corrected chi connectivity index (χ3v) is 2.16. The quantitative estimate of drug-likeness (QED) is 0.730. The van der Waals surface area contributed by atoms with Crippen LogP contribution in [0.1, 0.15) is 10.4 Å². The van der Waals surface area contributed by atoms with Gasteiger partial charge in [-0.3, -0.25) is 4.79 Å². The third-order valence-electron chi connectivity index (χ3n) is 2.16. The van der Waals surface area contributed by atoms with Gasteiger partial charge in [0, 0.05) is 0 Å². The number of phenolic OH excluding ortho intramolecular Hbond substituents is 1. The van der Waals surface area contributed by atoms with Crippen LogP contribution in [0.2, 0.25) is 0 Å². The standard InChI is InChI=1S/C12H11N3O2/c13-10-6-3-7-11(14-10)15-12(17)8-4-1-2-5-9(8)16/h1-7,16H,(H3,13,14,15,17). The number of hydrogen-bond acceptors (Lipinski definition) is 4. The third kappa shape index (κ3) is 2.52. The molecular weight excluding hydrogens is 218 g/mol. The molecule has 0 atom stereocenters. The van der Waals surface area contributed by atoms with Crippen LogP contribution in [0.4, 0.5) is 11.6 Å². The van der Waals surface area contributed by atoms with Crippen LogP contribution in [-0.4, -0.2) is 16.0 Å². The van der Waals surface area contributed by atoms with Crippen molar-refractivity contribution < 1.29 is 9.90 Å². The zero-order chi connectivity index (χ0) is 12.3. The molecule has 0 aliphatic rings. The number of nitrogens with one attached hydrogen (secondary N) is 1. The van der Waals surface area contributed by atoms with Gasteiger partial charge in [0.05, 0.1) is 5.56 Å². The highest BCUT2D eigenvalue weighted by molar-refractivity contribution is 6.05. The Morgan fingerprint density at radius 1 is 1.18 bits per heavy atom. The van der Waals surface area contributed by atoms with Crippen LogP contribution in [0.15, 0.2) is 42.5 Å². The Morgan fingerprint density at radius 3 is 2.65 bits per heavy atom. The van der Waals surface area contributed by atoms with E-state index in [2.05, 4.69) is 10.3 Å². The first kappa shape index (κ1) is 10.9. The van der Waals surface area contributed by atoms with Crippen LogP contribution < -0.4 is 11.1 Å². The maximum absolute atomic E-state index is 11.8. The Labute approximate surface area is 97.9 Å². The molecule has 5 heteroatoms.